The number of aliphatic hydroxyl groups excluding tert-OH is 1. The Morgan fingerprint density at radius 3 is 2.40 bits per heavy atom. The highest BCUT2D eigenvalue weighted by Crippen LogP contribution is 2.31. The molecule has 0 aliphatic carbocycles. The number of pyridine rings is 1. The summed E-state index contributed by atoms with van der Waals surface area (Å²) < 4.78 is 16.2. The molecule has 1 N–H and O–H groups in total. The molecule has 3 aromatic rings. The Bertz CT molecular complexity index is 1270. The molecule has 8 nitrogen and oxygen atoms in total. The Labute approximate surface area is 240 Å². The molecular weight excluding hydrogens is 532 g/mol. The summed E-state index contributed by atoms with van der Waals surface area (Å²) in [4.78, 5) is 30.5. The molecule has 1 amide bonds. The number of esters is 1. The topological polar surface area (TPSA) is 98.2 Å². The molecule has 1 aromatic heterocycles. The van der Waals surface area contributed by atoms with Gasteiger partial charge in [-0.3, -0.25) is 0 Å². The largest absolute Gasteiger partial charge is 0.496 e. The summed E-state index contributed by atoms with van der Waals surface area (Å²) in [5.74, 6) is 0.196. The zero-order valence-electron chi connectivity index (χ0n) is 23.6. The van der Waals surface area contributed by atoms with Crippen molar-refractivity contribution in [1.82, 2.24) is 9.88 Å². The van der Waals surface area contributed by atoms with Crippen LogP contribution in [0.2, 0.25) is 5.15 Å². The van der Waals surface area contributed by atoms with Gasteiger partial charge in [0.25, 0.3) is 0 Å². The van der Waals surface area contributed by atoms with Gasteiger partial charge in [0.15, 0.2) is 0 Å². The molecule has 0 fully saturated rings. The highest BCUT2D eigenvalue weighted by atomic mass is 35.5. The summed E-state index contributed by atoms with van der Waals surface area (Å²) in [5, 5.41) is 11.1. The van der Waals surface area contributed by atoms with Crippen LogP contribution in [0.4, 0.5) is 4.79 Å². The maximum absolute atomic E-state index is 12.9. The molecular formula is C31H37ClN2O6. The molecule has 0 spiro atoms. The van der Waals surface area contributed by atoms with Crippen molar-refractivity contribution in [3.63, 3.8) is 0 Å². The van der Waals surface area contributed by atoms with E-state index in [9.17, 15) is 14.7 Å². The maximum Gasteiger partial charge on any atom is 0.410 e. The average Bonchev–Trinajstić information content (AvgIpc) is 2.92. The fourth-order valence-corrected chi connectivity index (χ4v) is 4.19. The number of halogens is 1. The van der Waals surface area contributed by atoms with Crippen molar-refractivity contribution in [3.05, 3.63) is 82.6 Å². The minimum Gasteiger partial charge on any atom is -0.496 e. The molecule has 0 unspecified atom stereocenters. The first-order chi connectivity index (χ1) is 19.0. The van der Waals surface area contributed by atoms with Gasteiger partial charge in [0.05, 0.1) is 31.9 Å². The third kappa shape index (κ3) is 8.96. The van der Waals surface area contributed by atoms with E-state index in [-0.39, 0.29) is 12.5 Å². The third-order valence-electron chi connectivity index (χ3n) is 6.05. The fourth-order valence-electron chi connectivity index (χ4n) is 4.08. The molecule has 0 saturated heterocycles. The van der Waals surface area contributed by atoms with Crippen LogP contribution >= 0.6 is 11.6 Å². The molecule has 1 heterocycles. The number of benzene rings is 2. The smallest absolute Gasteiger partial charge is 0.410 e. The van der Waals surface area contributed by atoms with Crippen molar-refractivity contribution in [2.24, 2.45) is 0 Å². The standard InChI is InChI=1S/C31H37ClN2O6/c1-6-39-29(36)23-13-15-25(27(18-23)38-5)22-11-9-21(10-12-22)8-7-17-34(30(37)40-31(2,3)4)20-26(35)24-14-16-28(32)33-19-24/h9-16,18-19,26,35H,6-8,17,20H2,1-5H3/t26-/m0/s1. The van der Waals surface area contributed by atoms with Gasteiger partial charge in [-0.1, -0.05) is 41.9 Å². The van der Waals surface area contributed by atoms with Crippen molar-refractivity contribution in [2.45, 2.75) is 52.2 Å². The van der Waals surface area contributed by atoms with Crippen LogP contribution in [-0.4, -0.2) is 59.5 Å². The van der Waals surface area contributed by atoms with E-state index < -0.39 is 17.8 Å². The lowest BCUT2D eigenvalue weighted by Gasteiger charge is -2.29. The Morgan fingerprint density at radius 2 is 1.80 bits per heavy atom. The summed E-state index contributed by atoms with van der Waals surface area (Å²) in [5.41, 5.74) is 3.26. The van der Waals surface area contributed by atoms with Crippen molar-refractivity contribution in [3.8, 4) is 16.9 Å². The Hall–Kier alpha value is -3.62. The molecule has 0 aliphatic rings. The van der Waals surface area contributed by atoms with Crippen LogP contribution < -0.4 is 4.74 Å². The van der Waals surface area contributed by atoms with E-state index in [0.29, 0.717) is 41.6 Å². The van der Waals surface area contributed by atoms with Gasteiger partial charge >= 0.3 is 12.1 Å². The van der Waals surface area contributed by atoms with Crippen molar-refractivity contribution in [1.29, 1.82) is 0 Å². The molecule has 2 aromatic carbocycles. The van der Waals surface area contributed by atoms with Crippen LogP contribution in [-0.2, 0) is 15.9 Å². The lowest BCUT2D eigenvalue weighted by Crippen LogP contribution is -2.40. The van der Waals surface area contributed by atoms with E-state index in [1.165, 1.54) is 11.1 Å². The van der Waals surface area contributed by atoms with Gasteiger partial charge in [0.2, 0.25) is 0 Å². The van der Waals surface area contributed by atoms with Gasteiger partial charge in [-0.25, -0.2) is 14.6 Å². The molecule has 214 valence electrons. The average molecular weight is 569 g/mol. The van der Waals surface area contributed by atoms with Gasteiger partial charge < -0.3 is 24.2 Å². The minimum atomic E-state index is -0.929. The van der Waals surface area contributed by atoms with Crippen LogP contribution in [0.15, 0.2) is 60.8 Å². The summed E-state index contributed by atoms with van der Waals surface area (Å²) in [6.45, 7) is 7.97. The van der Waals surface area contributed by atoms with E-state index in [1.54, 1.807) is 38.3 Å². The second-order valence-electron chi connectivity index (χ2n) is 10.3. The normalized spacial score (nSPS) is 12.0. The number of carbonyl (C=O) groups is 2. The number of ether oxygens (including phenoxy) is 3. The molecule has 1 atom stereocenters. The highest BCUT2D eigenvalue weighted by Gasteiger charge is 2.24. The monoisotopic (exact) mass is 568 g/mol. The van der Waals surface area contributed by atoms with Crippen molar-refractivity contribution in [2.75, 3.05) is 26.8 Å². The van der Waals surface area contributed by atoms with E-state index in [4.69, 9.17) is 25.8 Å². The zero-order valence-corrected chi connectivity index (χ0v) is 24.4. The minimum absolute atomic E-state index is 0.0682. The second-order valence-corrected chi connectivity index (χ2v) is 10.7. The van der Waals surface area contributed by atoms with Crippen LogP contribution in [0, 0.1) is 0 Å². The summed E-state index contributed by atoms with van der Waals surface area (Å²) >= 11 is 5.86. The number of aliphatic hydroxyl groups is 1. The van der Waals surface area contributed by atoms with E-state index in [1.807, 2.05) is 51.1 Å². The molecule has 9 heteroatoms. The molecule has 0 saturated carbocycles. The number of carbonyl (C=O) groups excluding carboxylic acids is 2. The summed E-state index contributed by atoms with van der Waals surface area (Å²) in [7, 11) is 1.57. The Kier molecular flexibility index (Phi) is 10.9. The Morgan fingerprint density at radius 1 is 1.07 bits per heavy atom. The molecule has 40 heavy (non-hydrogen) atoms. The number of methoxy groups -OCH3 is 1. The predicted octanol–water partition coefficient (Wildman–Crippen LogP) is 6.49. The van der Waals surface area contributed by atoms with E-state index in [0.717, 1.165) is 23.1 Å². The second kappa shape index (κ2) is 14.1. The number of hydrogen-bond donors (Lipinski definition) is 1. The van der Waals surface area contributed by atoms with Crippen LogP contribution in [0.1, 0.15) is 61.7 Å². The molecule has 0 bridgehead atoms. The Balaban J connectivity index is 1.66. The lowest BCUT2D eigenvalue weighted by atomic mass is 10.00. The van der Waals surface area contributed by atoms with E-state index in [2.05, 4.69) is 4.98 Å². The van der Waals surface area contributed by atoms with Gasteiger partial charge in [-0.2, -0.15) is 0 Å². The van der Waals surface area contributed by atoms with Crippen molar-refractivity contribution >= 4 is 23.7 Å². The maximum atomic E-state index is 12.9. The first-order valence-corrected chi connectivity index (χ1v) is 13.6. The molecule has 0 radical (unpaired) electrons. The fraction of sp³-hybridized carbons (Fsp3) is 0.387. The van der Waals surface area contributed by atoms with Crippen LogP contribution in [0.25, 0.3) is 11.1 Å². The first kappa shape index (κ1) is 30.9. The number of aromatic nitrogens is 1. The quantitative estimate of drug-likeness (QED) is 0.208. The summed E-state index contributed by atoms with van der Waals surface area (Å²) in [6.07, 6.45) is 1.48. The predicted molar refractivity (Wildman–Crippen MR) is 155 cm³/mol. The van der Waals surface area contributed by atoms with Gasteiger partial charge in [0.1, 0.15) is 16.5 Å². The van der Waals surface area contributed by atoms with E-state index >= 15 is 0 Å². The molecule has 0 aliphatic heterocycles. The molecule has 3 rings (SSSR count). The highest BCUT2D eigenvalue weighted by molar-refractivity contribution is 6.29. The van der Waals surface area contributed by atoms with Gasteiger partial charge in [0, 0.05) is 23.9 Å². The zero-order chi connectivity index (χ0) is 29.3. The van der Waals surface area contributed by atoms with Crippen molar-refractivity contribution < 1.29 is 28.9 Å². The first-order valence-electron chi connectivity index (χ1n) is 13.2. The number of nitrogens with zero attached hydrogens (tertiary/aromatic N) is 2. The number of amides is 1. The van der Waals surface area contributed by atoms with Crippen LogP contribution in [0.5, 0.6) is 5.75 Å². The third-order valence-corrected chi connectivity index (χ3v) is 6.27. The number of hydrogen-bond acceptors (Lipinski definition) is 7. The number of rotatable bonds is 11. The summed E-state index contributed by atoms with van der Waals surface area (Å²) in [6, 6.07) is 16.6. The number of aryl methyl sites for hydroxylation is 1. The lowest BCUT2D eigenvalue weighted by molar-refractivity contribution is 0.0141. The SMILES string of the molecule is CCOC(=O)c1ccc(-c2ccc(CCCN(C[C@H](O)c3ccc(Cl)nc3)C(=O)OC(C)(C)C)cc2)c(OC)c1. The van der Waals surface area contributed by atoms with Gasteiger partial charge in [-0.15, -0.1) is 0 Å². The van der Waals surface area contributed by atoms with Crippen LogP contribution in [0.3, 0.4) is 0 Å². The van der Waals surface area contributed by atoms with Gasteiger partial charge in [-0.05, 0) is 75.9 Å².